The number of fused-ring (bicyclic) bond motifs is 1. The molecule has 0 saturated heterocycles. The van der Waals surface area contributed by atoms with Gasteiger partial charge in [-0.25, -0.2) is 0 Å². The monoisotopic (exact) mass is 492 g/mol. The van der Waals surface area contributed by atoms with Gasteiger partial charge in [-0.2, -0.15) is 0 Å². The lowest BCUT2D eigenvalue weighted by molar-refractivity contribution is -0.130. The molecule has 188 valence electrons. The predicted molar refractivity (Wildman–Crippen MR) is 136 cm³/mol. The molecule has 0 unspecified atom stereocenters. The van der Waals surface area contributed by atoms with Crippen LogP contribution >= 0.6 is 12.4 Å². The van der Waals surface area contributed by atoms with Crippen LogP contribution < -0.4 is 18.9 Å². The van der Waals surface area contributed by atoms with E-state index in [2.05, 4.69) is 24.1 Å². The molecule has 0 aromatic heterocycles. The molecule has 2 aromatic carbocycles. The van der Waals surface area contributed by atoms with Crippen molar-refractivity contribution in [3.63, 3.8) is 0 Å². The number of amides is 1. The van der Waals surface area contributed by atoms with E-state index in [0.29, 0.717) is 17.9 Å². The number of hydrogen-bond donors (Lipinski definition) is 0. The van der Waals surface area contributed by atoms with Gasteiger partial charge in [0.1, 0.15) is 0 Å². The first-order valence-electron chi connectivity index (χ1n) is 11.4. The number of benzene rings is 2. The Morgan fingerprint density at radius 2 is 1.62 bits per heavy atom. The minimum atomic E-state index is 0. The Morgan fingerprint density at radius 3 is 2.29 bits per heavy atom. The number of hydrogen-bond acceptors (Lipinski definition) is 6. The predicted octanol–water partition coefficient (Wildman–Crippen LogP) is 3.63. The first-order valence-corrected chi connectivity index (χ1v) is 11.4. The maximum absolute atomic E-state index is 12.9. The summed E-state index contributed by atoms with van der Waals surface area (Å²) < 4.78 is 21.7. The highest BCUT2D eigenvalue weighted by Gasteiger charge is 2.24. The molecule has 0 fully saturated rings. The van der Waals surface area contributed by atoms with Crippen molar-refractivity contribution in [1.29, 1.82) is 0 Å². The first kappa shape index (κ1) is 27.6. The Kier molecular flexibility index (Phi) is 10.8. The van der Waals surface area contributed by atoms with Gasteiger partial charge in [-0.1, -0.05) is 12.1 Å². The molecule has 1 heterocycles. The molecule has 1 amide bonds. The van der Waals surface area contributed by atoms with Crippen molar-refractivity contribution in [2.24, 2.45) is 0 Å². The van der Waals surface area contributed by atoms with Crippen LogP contribution in [0.25, 0.3) is 0 Å². The Balaban J connectivity index is 0.00000408. The second kappa shape index (κ2) is 13.3. The Hall–Kier alpha value is -2.64. The number of methoxy groups -OCH3 is 4. The van der Waals surface area contributed by atoms with Crippen molar-refractivity contribution in [1.82, 2.24) is 9.80 Å². The van der Waals surface area contributed by atoms with Crippen molar-refractivity contribution >= 4 is 18.3 Å². The quantitative estimate of drug-likeness (QED) is 0.477. The summed E-state index contributed by atoms with van der Waals surface area (Å²) in [6, 6.07) is 10.0. The van der Waals surface area contributed by atoms with Crippen LogP contribution in [0.2, 0.25) is 0 Å². The molecule has 1 aliphatic heterocycles. The fraction of sp³-hybridized carbons (Fsp3) is 0.500. The Morgan fingerprint density at radius 1 is 0.912 bits per heavy atom. The highest BCUT2D eigenvalue weighted by atomic mass is 35.5. The number of carbonyl (C=O) groups is 1. The maximum atomic E-state index is 12.9. The number of halogens is 1. The molecule has 0 aliphatic carbocycles. The van der Waals surface area contributed by atoms with E-state index in [1.165, 1.54) is 5.56 Å². The van der Waals surface area contributed by atoms with Gasteiger partial charge in [-0.05, 0) is 62.2 Å². The lowest BCUT2D eigenvalue weighted by atomic mass is 10.0. The molecule has 3 rings (SSSR count). The van der Waals surface area contributed by atoms with Gasteiger partial charge < -0.3 is 28.7 Å². The van der Waals surface area contributed by atoms with E-state index in [0.717, 1.165) is 68.1 Å². The molecule has 34 heavy (non-hydrogen) atoms. The summed E-state index contributed by atoms with van der Waals surface area (Å²) in [5.41, 5.74) is 3.33. The van der Waals surface area contributed by atoms with E-state index < -0.39 is 0 Å². The largest absolute Gasteiger partial charge is 0.493 e. The molecule has 1 aliphatic rings. The van der Waals surface area contributed by atoms with E-state index in [1.54, 1.807) is 28.4 Å². The zero-order valence-electron chi connectivity index (χ0n) is 20.9. The average molecular weight is 493 g/mol. The molecular weight excluding hydrogens is 456 g/mol. The van der Waals surface area contributed by atoms with E-state index in [9.17, 15) is 4.79 Å². The van der Waals surface area contributed by atoms with Crippen LogP contribution in [0.5, 0.6) is 23.0 Å². The Labute approximate surface area is 209 Å². The maximum Gasteiger partial charge on any atom is 0.227 e. The molecule has 0 N–H and O–H groups in total. The van der Waals surface area contributed by atoms with Gasteiger partial charge in [0, 0.05) is 25.2 Å². The minimum absolute atomic E-state index is 0. The van der Waals surface area contributed by atoms with Crippen LogP contribution in [-0.4, -0.2) is 77.4 Å². The van der Waals surface area contributed by atoms with Gasteiger partial charge >= 0.3 is 0 Å². The highest BCUT2D eigenvalue weighted by Crippen LogP contribution is 2.35. The van der Waals surface area contributed by atoms with Crippen molar-refractivity contribution in [3.05, 3.63) is 47.0 Å². The van der Waals surface area contributed by atoms with Gasteiger partial charge in [0.25, 0.3) is 0 Å². The summed E-state index contributed by atoms with van der Waals surface area (Å²) in [6.45, 7) is 3.36. The first-order chi connectivity index (χ1) is 16.0. The fourth-order valence-electron chi connectivity index (χ4n) is 4.34. The molecular formula is C26H37ClN2O5. The van der Waals surface area contributed by atoms with E-state index in [4.69, 9.17) is 18.9 Å². The molecule has 0 atom stereocenters. The summed E-state index contributed by atoms with van der Waals surface area (Å²) in [5, 5.41) is 0. The van der Waals surface area contributed by atoms with Crippen LogP contribution in [-0.2, 0) is 24.1 Å². The molecule has 8 heteroatoms. The number of likely N-dealkylation sites (N-methyl/N-ethyl adjacent to an activating group) is 1. The zero-order chi connectivity index (χ0) is 23.8. The molecule has 0 bridgehead atoms. The lowest BCUT2D eigenvalue weighted by Crippen LogP contribution is -2.35. The van der Waals surface area contributed by atoms with Crippen LogP contribution in [0.3, 0.4) is 0 Å². The van der Waals surface area contributed by atoms with Gasteiger partial charge in [-0.15, -0.1) is 12.4 Å². The third-order valence-corrected chi connectivity index (χ3v) is 6.28. The second-order valence-corrected chi connectivity index (χ2v) is 8.34. The summed E-state index contributed by atoms with van der Waals surface area (Å²) in [4.78, 5) is 17.2. The molecule has 0 spiro atoms. The van der Waals surface area contributed by atoms with Crippen LogP contribution in [0.15, 0.2) is 30.3 Å². The zero-order valence-corrected chi connectivity index (χ0v) is 21.7. The third-order valence-electron chi connectivity index (χ3n) is 6.28. The topological polar surface area (TPSA) is 60.5 Å². The standard InChI is InChI=1S/C26H36N2O5.ClH/c1-27(15-11-19-7-9-22(30-2)24(17-19)32-4)13-6-14-28-16-12-20-8-10-23(31-3)26(33-5)21(20)18-25(28)29;/h7-10,17H,6,11-16,18H2,1-5H3;1H. The van der Waals surface area contributed by atoms with Gasteiger partial charge in [0.05, 0.1) is 34.9 Å². The molecule has 0 radical (unpaired) electrons. The van der Waals surface area contributed by atoms with Crippen molar-refractivity contribution in [2.75, 3.05) is 61.7 Å². The van der Waals surface area contributed by atoms with Gasteiger partial charge in [-0.3, -0.25) is 4.79 Å². The van der Waals surface area contributed by atoms with Crippen LogP contribution in [0.1, 0.15) is 23.1 Å². The summed E-state index contributed by atoms with van der Waals surface area (Å²) in [7, 11) is 8.67. The number of nitrogens with zero attached hydrogens (tertiary/aromatic N) is 2. The third kappa shape index (κ3) is 6.70. The highest BCUT2D eigenvalue weighted by molar-refractivity contribution is 5.85. The van der Waals surface area contributed by atoms with E-state index >= 15 is 0 Å². The van der Waals surface area contributed by atoms with Crippen molar-refractivity contribution in [3.8, 4) is 23.0 Å². The lowest BCUT2D eigenvalue weighted by Gasteiger charge is -2.23. The molecule has 2 aromatic rings. The summed E-state index contributed by atoms with van der Waals surface area (Å²) in [6.07, 6.45) is 3.04. The van der Waals surface area contributed by atoms with Gasteiger partial charge in [0.2, 0.25) is 5.91 Å². The SMILES string of the molecule is COc1ccc(CCN(C)CCCN2CCc3ccc(OC)c(OC)c3CC2=O)cc1OC.Cl. The number of rotatable bonds is 11. The number of ether oxygens (including phenoxy) is 4. The smallest absolute Gasteiger partial charge is 0.227 e. The van der Waals surface area contributed by atoms with E-state index in [1.807, 2.05) is 23.1 Å². The van der Waals surface area contributed by atoms with Crippen LogP contribution in [0.4, 0.5) is 0 Å². The molecule has 7 nitrogen and oxygen atoms in total. The normalized spacial score (nSPS) is 13.1. The van der Waals surface area contributed by atoms with Crippen molar-refractivity contribution < 1.29 is 23.7 Å². The van der Waals surface area contributed by atoms with E-state index in [-0.39, 0.29) is 18.3 Å². The average Bonchev–Trinajstić information content (AvgIpc) is 3.00. The number of carbonyl (C=O) groups excluding carboxylic acids is 1. The van der Waals surface area contributed by atoms with Crippen molar-refractivity contribution in [2.45, 2.75) is 25.7 Å². The van der Waals surface area contributed by atoms with Crippen LogP contribution in [0, 0.1) is 0 Å². The van der Waals surface area contributed by atoms with Gasteiger partial charge in [0.15, 0.2) is 23.0 Å². The minimum Gasteiger partial charge on any atom is -0.493 e. The summed E-state index contributed by atoms with van der Waals surface area (Å²) >= 11 is 0. The summed E-state index contributed by atoms with van der Waals surface area (Å²) in [5.74, 6) is 3.00. The molecule has 0 saturated carbocycles. The fourth-order valence-corrected chi connectivity index (χ4v) is 4.34. The Bertz CT molecular complexity index is 953. The second-order valence-electron chi connectivity index (χ2n) is 8.34.